The van der Waals surface area contributed by atoms with Crippen molar-refractivity contribution in [2.75, 3.05) is 42.9 Å². The van der Waals surface area contributed by atoms with Crippen molar-refractivity contribution in [1.82, 2.24) is 24.6 Å². The number of carbonyl (C=O) groups excluding carboxylic acids is 1. The molecule has 2 aromatic carbocycles. The summed E-state index contributed by atoms with van der Waals surface area (Å²) in [5, 5.41) is 8.60. The van der Waals surface area contributed by atoms with E-state index in [0.29, 0.717) is 18.8 Å². The molecule has 32 heavy (non-hydrogen) atoms. The lowest BCUT2D eigenvalue weighted by Crippen LogP contribution is -2.49. The van der Waals surface area contributed by atoms with Crippen LogP contribution in [0.5, 0.6) is 0 Å². The molecule has 1 N–H and O–H groups in total. The number of rotatable bonds is 6. The Morgan fingerprint density at radius 3 is 2.28 bits per heavy atom. The monoisotopic (exact) mass is 427 g/mol. The van der Waals surface area contributed by atoms with Crippen molar-refractivity contribution in [3.8, 4) is 5.69 Å². The third kappa shape index (κ3) is 4.12. The molecule has 1 aliphatic heterocycles. The summed E-state index contributed by atoms with van der Waals surface area (Å²) in [6.45, 7) is 3.72. The lowest BCUT2D eigenvalue weighted by atomic mass is 10.2. The quantitative estimate of drug-likeness (QED) is 0.510. The van der Waals surface area contributed by atoms with Crippen LogP contribution in [0.3, 0.4) is 0 Å². The Kier molecular flexibility index (Phi) is 5.65. The van der Waals surface area contributed by atoms with Crippen LogP contribution in [0.25, 0.3) is 16.7 Å². The van der Waals surface area contributed by atoms with Gasteiger partial charge in [0.2, 0.25) is 5.91 Å². The van der Waals surface area contributed by atoms with Crippen molar-refractivity contribution in [1.29, 1.82) is 0 Å². The predicted octanol–water partition coefficient (Wildman–Crippen LogP) is 2.97. The number of benzene rings is 2. The highest BCUT2D eigenvalue weighted by Gasteiger charge is 2.21. The summed E-state index contributed by atoms with van der Waals surface area (Å²) >= 11 is 0. The normalized spacial score (nSPS) is 14.0. The third-order valence-corrected chi connectivity index (χ3v) is 5.75. The molecule has 0 bridgehead atoms. The number of nitrogens with one attached hydrogen (secondary N) is 1. The van der Waals surface area contributed by atoms with Gasteiger partial charge in [0.25, 0.3) is 0 Å². The number of fused-ring (bicyclic) bond motifs is 1. The summed E-state index contributed by atoms with van der Waals surface area (Å²) < 4.78 is 1.79. The van der Waals surface area contributed by atoms with E-state index in [-0.39, 0.29) is 5.91 Å². The van der Waals surface area contributed by atoms with Crippen LogP contribution in [0.2, 0.25) is 0 Å². The number of anilines is 2. The number of nitrogens with zero attached hydrogens (tertiary/aromatic N) is 6. The molecule has 0 atom stereocenters. The highest BCUT2D eigenvalue weighted by atomic mass is 16.2. The minimum Gasteiger partial charge on any atom is -0.369 e. The van der Waals surface area contributed by atoms with E-state index >= 15 is 0 Å². The molecule has 5 rings (SSSR count). The number of carbonyl (C=O) groups is 1. The smallest absolute Gasteiger partial charge is 0.224 e. The molecule has 0 aliphatic carbocycles. The second-order valence-electron chi connectivity index (χ2n) is 7.73. The molecule has 0 saturated carbocycles. The second kappa shape index (κ2) is 9.05. The van der Waals surface area contributed by atoms with Crippen molar-refractivity contribution in [2.24, 2.45) is 0 Å². The Bertz CT molecular complexity index is 1180. The average molecular weight is 428 g/mol. The minimum atomic E-state index is 0.162. The standard InChI is InChI=1S/C24H25N7O/c32-22(30-15-13-29(14-16-30)19-7-3-1-4-8-19)11-12-25-23-21-17-28-31(24(21)27-18-26-23)20-9-5-2-6-10-20/h1-10,17-18H,11-16H2,(H,25,26,27). The van der Waals surface area contributed by atoms with Gasteiger partial charge in [0.05, 0.1) is 17.3 Å². The van der Waals surface area contributed by atoms with Crippen molar-refractivity contribution in [2.45, 2.75) is 6.42 Å². The largest absolute Gasteiger partial charge is 0.369 e. The Hall–Kier alpha value is -3.94. The van der Waals surface area contributed by atoms with Gasteiger partial charge in [-0.15, -0.1) is 0 Å². The van der Waals surface area contributed by atoms with Gasteiger partial charge >= 0.3 is 0 Å². The molecule has 4 aromatic rings. The van der Waals surface area contributed by atoms with Crippen LogP contribution in [-0.4, -0.2) is 63.3 Å². The van der Waals surface area contributed by atoms with E-state index in [2.05, 4.69) is 37.4 Å². The van der Waals surface area contributed by atoms with E-state index in [4.69, 9.17) is 0 Å². The van der Waals surface area contributed by atoms with E-state index in [1.54, 1.807) is 10.9 Å². The molecule has 1 fully saturated rings. The molecular formula is C24H25N7O. The molecule has 162 valence electrons. The zero-order valence-corrected chi connectivity index (χ0v) is 17.8. The van der Waals surface area contributed by atoms with Gasteiger partial charge in [-0.1, -0.05) is 36.4 Å². The minimum absolute atomic E-state index is 0.162. The van der Waals surface area contributed by atoms with Crippen LogP contribution >= 0.6 is 0 Å². The van der Waals surface area contributed by atoms with E-state index < -0.39 is 0 Å². The molecule has 1 aliphatic rings. The van der Waals surface area contributed by atoms with E-state index in [9.17, 15) is 4.79 Å². The molecule has 2 aromatic heterocycles. The molecule has 8 heteroatoms. The maximum atomic E-state index is 12.7. The summed E-state index contributed by atoms with van der Waals surface area (Å²) in [7, 11) is 0. The Balaban J connectivity index is 1.17. The fourth-order valence-electron chi connectivity index (χ4n) is 4.04. The highest BCUT2D eigenvalue weighted by Crippen LogP contribution is 2.21. The summed E-state index contributed by atoms with van der Waals surface area (Å²) in [6.07, 6.45) is 3.70. The first kappa shape index (κ1) is 20.0. The number of hydrogen-bond acceptors (Lipinski definition) is 6. The van der Waals surface area contributed by atoms with Crippen LogP contribution in [0, 0.1) is 0 Å². The molecule has 3 heterocycles. The van der Waals surface area contributed by atoms with Crippen LogP contribution < -0.4 is 10.2 Å². The molecule has 0 radical (unpaired) electrons. The van der Waals surface area contributed by atoms with Crippen molar-refractivity contribution in [3.63, 3.8) is 0 Å². The SMILES string of the molecule is O=C(CCNc1ncnc2c1cnn2-c1ccccc1)N1CCN(c2ccccc2)CC1. The molecule has 1 saturated heterocycles. The fourth-order valence-corrected chi connectivity index (χ4v) is 4.04. The zero-order chi connectivity index (χ0) is 21.8. The van der Waals surface area contributed by atoms with Crippen molar-refractivity contribution >= 4 is 28.4 Å². The number of para-hydroxylation sites is 2. The summed E-state index contributed by atoms with van der Waals surface area (Å²) in [5.74, 6) is 0.856. The van der Waals surface area contributed by atoms with Gasteiger partial charge in [0, 0.05) is 44.8 Å². The molecule has 0 spiro atoms. The van der Waals surface area contributed by atoms with Crippen LogP contribution in [0.1, 0.15) is 6.42 Å². The Morgan fingerprint density at radius 1 is 0.875 bits per heavy atom. The summed E-state index contributed by atoms with van der Waals surface area (Å²) in [4.78, 5) is 25.7. The van der Waals surface area contributed by atoms with Gasteiger partial charge in [0.1, 0.15) is 12.1 Å². The average Bonchev–Trinajstić information content (AvgIpc) is 3.30. The van der Waals surface area contributed by atoms with Gasteiger partial charge in [-0.05, 0) is 24.3 Å². The van der Waals surface area contributed by atoms with E-state index in [1.807, 2.05) is 53.4 Å². The van der Waals surface area contributed by atoms with Crippen molar-refractivity contribution in [3.05, 3.63) is 73.2 Å². The first-order valence-corrected chi connectivity index (χ1v) is 10.9. The Morgan fingerprint density at radius 2 is 1.56 bits per heavy atom. The molecule has 1 amide bonds. The number of piperazine rings is 1. The number of amides is 1. The van der Waals surface area contributed by atoms with Gasteiger partial charge in [-0.25, -0.2) is 14.6 Å². The van der Waals surface area contributed by atoms with Gasteiger partial charge in [0.15, 0.2) is 5.65 Å². The van der Waals surface area contributed by atoms with Crippen LogP contribution in [-0.2, 0) is 4.79 Å². The maximum Gasteiger partial charge on any atom is 0.224 e. The van der Waals surface area contributed by atoms with Crippen molar-refractivity contribution < 1.29 is 4.79 Å². The second-order valence-corrected chi connectivity index (χ2v) is 7.73. The fraction of sp³-hybridized carbons (Fsp3) is 0.250. The van der Waals surface area contributed by atoms with Gasteiger partial charge in [-0.2, -0.15) is 5.10 Å². The van der Waals surface area contributed by atoms with E-state index in [1.165, 1.54) is 12.0 Å². The Labute approximate surface area is 186 Å². The number of aromatic nitrogens is 4. The summed E-state index contributed by atoms with van der Waals surface area (Å²) in [6, 6.07) is 20.2. The van der Waals surface area contributed by atoms with Crippen LogP contribution in [0.15, 0.2) is 73.2 Å². The van der Waals surface area contributed by atoms with Gasteiger partial charge in [-0.3, -0.25) is 4.79 Å². The topological polar surface area (TPSA) is 79.2 Å². The van der Waals surface area contributed by atoms with E-state index in [0.717, 1.165) is 42.9 Å². The zero-order valence-electron chi connectivity index (χ0n) is 17.8. The highest BCUT2D eigenvalue weighted by molar-refractivity contribution is 5.87. The third-order valence-electron chi connectivity index (χ3n) is 5.75. The molecular weight excluding hydrogens is 402 g/mol. The maximum absolute atomic E-state index is 12.7. The first-order chi connectivity index (χ1) is 15.8. The van der Waals surface area contributed by atoms with Gasteiger partial charge < -0.3 is 15.1 Å². The lowest BCUT2D eigenvalue weighted by molar-refractivity contribution is -0.131. The molecule has 8 nitrogen and oxygen atoms in total. The first-order valence-electron chi connectivity index (χ1n) is 10.9. The predicted molar refractivity (Wildman–Crippen MR) is 125 cm³/mol. The molecule has 0 unspecified atom stereocenters. The number of hydrogen-bond donors (Lipinski definition) is 1. The van der Waals surface area contributed by atoms with Crippen LogP contribution in [0.4, 0.5) is 11.5 Å². The lowest BCUT2D eigenvalue weighted by Gasteiger charge is -2.36. The summed E-state index contributed by atoms with van der Waals surface area (Å²) in [5.41, 5.74) is 2.89.